The van der Waals surface area contributed by atoms with Crippen molar-refractivity contribution >= 4 is 17.8 Å². The Hall–Kier alpha value is -2.44. The van der Waals surface area contributed by atoms with Gasteiger partial charge in [-0.05, 0) is 51.7 Å². The molecule has 1 atom stereocenters. The molecule has 3 rings (SSSR count). The molecule has 2 heterocycles. The topological polar surface area (TPSA) is 83.8 Å². The van der Waals surface area contributed by atoms with Crippen LogP contribution in [0.25, 0.3) is 0 Å². The van der Waals surface area contributed by atoms with Gasteiger partial charge in [-0.2, -0.15) is 0 Å². The number of nitrogens with zero attached hydrogens (tertiary/aromatic N) is 3. The van der Waals surface area contributed by atoms with E-state index in [4.69, 9.17) is 0 Å². The summed E-state index contributed by atoms with van der Waals surface area (Å²) in [5.41, 5.74) is -0.362. The Labute approximate surface area is 140 Å². The summed E-state index contributed by atoms with van der Waals surface area (Å²) in [5, 5.41) is 2.75. The summed E-state index contributed by atoms with van der Waals surface area (Å²) in [6.07, 6.45) is 3.45. The summed E-state index contributed by atoms with van der Waals surface area (Å²) >= 11 is 0. The molecule has 1 saturated heterocycles. The number of amides is 3. The Kier molecular flexibility index (Phi) is 4.03. The van der Waals surface area contributed by atoms with E-state index in [2.05, 4.69) is 10.3 Å². The number of imide groups is 1. The molecule has 128 valence electrons. The summed E-state index contributed by atoms with van der Waals surface area (Å²) in [6, 6.07) is 4.78. The first-order valence-corrected chi connectivity index (χ1v) is 8.22. The maximum Gasteiger partial charge on any atom is 0.325 e. The lowest BCUT2D eigenvalue weighted by Gasteiger charge is -2.20. The number of carbonyl (C=O) groups is 3. The van der Waals surface area contributed by atoms with Gasteiger partial charge in [-0.15, -0.1) is 0 Å². The maximum atomic E-state index is 12.6. The highest BCUT2D eigenvalue weighted by atomic mass is 16.2. The average Bonchev–Trinajstić information content (AvgIpc) is 3.33. The van der Waals surface area contributed by atoms with E-state index < -0.39 is 11.6 Å². The van der Waals surface area contributed by atoms with Gasteiger partial charge in [0.15, 0.2) is 0 Å². The van der Waals surface area contributed by atoms with Crippen LogP contribution in [0.4, 0.5) is 4.79 Å². The number of hydrogen-bond acceptors (Lipinski definition) is 4. The highest BCUT2D eigenvalue weighted by Crippen LogP contribution is 2.42. The van der Waals surface area contributed by atoms with Gasteiger partial charge in [0.2, 0.25) is 0 Å². The third-order valence-corrected chi connectivity index (χ3v) is 4.49. The van der Waals surface area contributed by atoms with Crippen LogP contribution >= 0.6 is 0 Å². The normalized spacial score (nSPS) is 24.7. The number of carbonyl (C=O) groups excluding carboxylic acids is 3. The molecular weight excluding hydrogens is 308 g/mol. The molecule has 0 aromatic carbocycles. The molecule has 1 aromatic heterocycles. The lowest BCUT2D eigenvalue weighted by atomic mass is 9.96. The number of nitrogens with one attached hydrogen (secondary N) is 1. The van der Waals surface area contributed by atoms with Crippen molar-refractivity contribution in [2.24, 2.45) is 10.9 Å². The van der Waals surface area contributed by atoms with Crippen molar-refractivity contribution in [2.75, 3.05) is 6.54 Å². The van der Waals surface area contributed by atoms with Gasteiger partial charge in [-0.25, -0.2) is 4.79 Å². The minimum Gasteiger partial charge on any atom is -0.323 e. The van der Waals surface area contributed by atoms with Crippen molar-refractivity contribution in [3.63, 3.8) is 0 Å². The molecule has 0 bridgehead atoms. The van der Waals surface area contributed by atoms with Gasteiger partial charge in [-0.3, -0.25) is 24.0 Å². The van der Waals surface area contributed by atoms with Crippen LogP contribution in [0.3, 0.4) is 0 Å². The molecule has 0 radical (unpaired) electrons. The standard InChI is InChI=1S/C17H22N4O3/c1-11(2)18-13-6-4-5-9-20(13)14(22)10-21-15(23)17(3,12-7-8-12)19-16(21)24/h4-6,9,11-12H,7-8,10H2,1-3H3,(H,19,24). The zero-order valence-corrected chi connectivity index (χ0v) is 14.2. The monoisotopic (exact) mass is 330 g/mol. The highest BCUT2D eigenvalue weighted by Gasteiger charge is 2.56. The molecule has 1 N–H and O–H groups in total. The minimum atomic E-state index is -0.871. The molecule has 2 fully saturated rings. The van der Waals surface area contributed by atoms with Crippen molar-refractivity contribution in [1.29, 1.82) is 0 Å². The Morgan fingerprint density at radius 1 is 1.38 bits per heavy atom. The van der Waals surface area contributed by atoms with Gasteiger partial charge >= 0.3 is 6.03 Å². The van der Waals surface area contributed by atoms with E-state index in [1.54, 1.807) is 31.3 Å². The summed E-state index contributed by atoms with van der Waals surface area (Å²) in [6.45, 7) is 5.29. The second-order valence-electron chi connectivity index (χ2n) is 6.84. The van der Waals surface area contributed by atoms with Gasteiger partial charge in [-0.1, -0.05) is 6.07 Å². The van der Waals surface area contributed by atoms with E-state index in [-0.39, 0.29) is 30.3 Å². The van der Waals surface area contributed by atoms with Crippen LogP contribution in [-0.4, -0.2) is 45.4 Å². The van der Waals surface area contributed by atoms with E-state index >= 15 is 0 Å². The van der Waals surface area contributed by atoms with Crippen molar-refractivity contribution < 1.29 is 14.4 Å². The molecule has 1 aromatic rings. The van der Waals surface area contributed by atoms with Crippen molar-refractivity contribution in [2.45, 2.75) is 45.2 Å². The lowest BCUT2D eigenvalue weighted by molar-refractivity contribution is -0.131. The van der Waals surface area contributed by atoms with Gasteiger partial charge in [0, 0.05) is 12.2 Å². The minimum absolute atomic E-state index is 0.0290. The van der Waals surface area contributed by atoms with E-state index in [9.17, 15) is 14.4 Å². The van der Waals surface area contributed by atoms with E-state index in [1.165, 1.54) is 4.57 Å². The van der Waals surface area contributed by atoms with E-state index in [0.717, 1.165) is 17.7 Å². The first kappa shape index (κ1) is 16.4. The Balaban J connectivity index is 1.83. The first-order valence-electron chi connectivity index (χ1n) is 8.22. The fourth-order valence-corrected chi connectivity index (χ4v) is 3.02. The molecule has 1 saturated carbocycles. The van der Waals surface area contributed by atoms with Crippen molar-refractivity contribution in [3.8, 4) is 0 Å². The van der Waals surface area contributed by atoms with Crippen LogP contribution < -0.4 is 10.8 Å². The summed E-state index contributed by atoms with van der Waals surface area (Å²) in [4.78, 5) is 42.8. The number of urea groups is 1. The molecular formula is C17H22N4O3. The van der Waals surface area contributed by atoms with Crippen LogP contribution in [0, 0.1) is 5.92 Å². The highest BCUT2D eigenvalue weighted by molar-refractivity contribution is 6.09. The summed E-state index contributed by atoms with van der Waals surface area (Å²) < 4.78 is 1.38. The average molecular weight is 330 g/mol. The lowest BCUT2D eigenvalue weighted by Crippen LogP contribution is -2.46. The van der Waals surface area contributed by atoms with Crippen LogP contribution in [0.5, 0.6) is 0 Å². The molecule has 7 nitrogen and oxygen atoms in total. The molecule has 3 amide bonds. The van der Waals surface area contributed by atoms with Crippen LogP contribution in [0.2, 0.25) is 0 Å². The molecule has 1 aliphatic carbocycles. The Morgan fingerprint density at radius 3 is 2.71 bits per heavy atom. The molecule has 1 unspecified atom stereocenters. The number of pyridine rings is 1. The second kappa shape index (κ2) is 5.89. The molecule has 24 heavy (non-hydrogen) atoms. The molecule has 2 aliphatic rings. The second-order valence-corrected chi connectivity index (χ2v) is 6.84. The predicted molar refractivity (Wildman–Crippen MR) is 87.1 cm³/mol. The van der Waals surface area contributed by atoms with Gasteiger partial charge < -0.3 is 5.32 Å². The van der Waals surface area contributed by atoms with E-state index in [1.807, 2.05) is 13.8 Å². The smallest absolute Gasteiger partial charge is 0.323 e. The van der Waals surface area contributed by atoms with E-state index in [0.29, 0.717) is 5.49 Å². The van der Waals surface area contributed by atoms with Gasteiger partial charge in [0.1, 0.15) is 17.6 Å². The van der Waals surface area contributed by atoms with Crippen molar-refractivity contribution in [3.05, 3.63) is 29.9 Å². The summed E-state index contributed by atoms with van der Waals surface area (Å²) in [7, 11) is 0. The maximum absolute atomic E-state index is 12.6. The molecule has 7 heteroatoms. The fraction of sp³-hybridized carbons (Fsp3) is 0.529. The van der Waals surface area contributed by atoms with Crippen LogP contribution in [-0.2, 0) is 4.79 Å². The SMILES string of the molecule is CC(C)N=c1ccccn1C(=O)CN1C(=O)NC(C)(C2CC2)C1=O. The quantitative estimate of drug-likeness (QED) is 0.841. The largest absolute Gasteiger partial charge is 0.325 e. The number of rotatable bonds is 4. The molecule has 1 aliphatic heterocycles. The zero-order valence-electron chi connectivity index (χ0n) is 14.2. The summed E-state index contributed by atoms with van der Waals surface area (Å²) in [5.74, 6) is -0.509. The van der Waals surface area contributed by atoms with Crippen molar-refractivity contribution in [1.82, 2.24) is 14.8 Å². The van der Waals surface area contributed by atoms with Crippen LogP contribution in [0.1, 0.15) is 38.4 Å². The first-order chi connectivity index (χ1) is 11.3. The predicted octanol–water partition coefficient (Wildman–Crippen LogP) is 1.16. The third-order valence-electron chi connectivity index (χ3n) is 4.49. The van der Waals surface area contributed by atoms with Crippen LogP contribution in [0.15, 0.2) is 29.4 Å². The Bertz CT molecular complexity index is 763. The Morgan fingerprint density at radius 2 is 2.08 bits per heavy atom. The zero-order chi connectivity index (χ0) is 17.5. The third kappa shape index (κ3) is 2.86. The number of hydrogen-bond donors (Lipinski definition) is 1. The number of aromatic nitrogens is 1. The fourth-order valence-electron chi connectivity index (χ4n) is 3.02. The van der Waals surface area contributed by atoms with Gasteiger partial charge in [0.25, 0.3) is 11.8 Å². The molecule has 0 spiro atoms. The van der Waals surface area contributed by atoms with Gasteiger partial charge in [0.05, 0.1) is 0 Å².